The van der Waals surface area contributed by atoms with Gasteiger partial charge in [0.05, 0.1) is 18.2 Å². The second-order valence-corrected chi connectivity index (χ2v) is 5.31. The SMILES string of the molecule is COc1cc(C=NNC(=O)COc2ccccc2[N+](=O)[O-])ccc1OC(C)=O. The van der Waals surface area contributed by atoms with Crippen LogP contribution in [-0.4, -0.2) is 36.7 Å². The summed E-state index contributed by atoms with van der Waals surface area (Å²) in [5.74, 6) is -0.514. The highest BCUT2D eigenvalue weighted by Gasteiger charge is 2.14. The van der Waals surface area contributed by atoms with Crippen LogP contribution in [0.25, 0.3) is 0 Å². The van der Waals surface area contributed by atoms with E-state index in [2.05, 4.69) is 10.5 Å². The first-order chi connectivity index (χ1) is 13.4. The molecule has 2 rings (SSSR count). The molecule has 0 unspecified atom stereocenters. The molecule has 10 heteroatoms. The topological polar surface area (TPSA) is 129 Å². The van der Waals surface area contributed by atoms with Gasteiger partial charge in [0.2, 0.25) is 0 Å². The summed E-state index contributed by atoms with van der Waals surface area (Å²) in [4.78, 5) is 33.1. The number of esters is 1. The summed E-state index contributed by atoms with van der Waals surface area (Å²) >= 11 is 0. The van der Waals surface area contributed by atoms with Gasteiger partial charge in [-0.15, -0.1) is 0 Å². The number of nitro benzene ring substituents is 1. The number of nitrogens with one attached hydrogen (secondary N) is 1. The van der Waals surface area contributed by atoms with Gasteiger partial charge in [0.1, 0.15) is 0 Å². The zero-order valence-electron chi connectivity index (χ0n) is 15.1. The number of hydrogen-bond acceptors (Lipinski definition) is 8. The van der Waals surface area contributed by atoms with E-state index in [9.17, 15) is 19.7 Å². The van der Waals surface area contributed by atoms with Crippen molar-refractivity contribution in [3.8, 4) is 17.2 Å². The average Bonchev–Trinajstić information content (AvgIpc) is 2.67. The summed E-state index contributed by atoms with van der Waals surface area (Å²) in [5.41, 5.74) is 2.58. The Kier molecular flexibility index (Phi) is 7.03. The molecule has 0 aliphatic carbocycles. The summed E-state index contributed by atoms with van der Waals surface area (Å²) in [5, 5.41) is 14.7. The molecule has 0 radical (unpaired) electrons. The van der Waals surface area contributed by atoms with Gasteiger partial charge in [-0.3, -0.25) is 19.7 Å². The predicted molar refractivity (Wildman–Crippen MR) is 98.6 cm³/mol. The summed E-state index contributed by atoms with van der Waals surface area (Å²) in [6.07, 6.45) is 1.35. The highest BCUT2D eigenvalue weighted by Crippen LogP contribution is 2.27. The maximum absolute atomic E-state index is 11.8. The molecule has 0 spiro atoms. The van der Waals surface area contributed by atoms with E-state index >= 15 is 0 Å². The lowest BCUT2D eigenvalue weighted by Gasteiger charge is -2.08. The second kappa shape index (κ2) is 9.67. The van der Waals surface area contributed by atoms with Crippen molar-refractivity contribution in [2.75, 3.05) is 13.7 Å². The molecule has 28 heavy (non-hydrogen) atoms. The monoisotopic (exact) mass is 387 g/mol. The van der Waals surface area contributed by atoms with Crippen LogP contribution in [0.4, 0.5) is 5.69 Å². The van der Waals surface area contributed by atoms with E-state index in [-0.39, 0.29) is 17.2 Å². The number of nitro groups is 1. The number of rotatable bonds is 8. The van der Waals surface area contributed by atoms with Crippen LogP contribution in [-0.2, 0) is 9.59 Å². The predicted octanol–water partition coefficient (Wildman–Crippen LogP) is 2.06. The van der Waals surface area contributed by atoms with Gasteiger partial charge in [0, 0.05) is 13.0 Å². The lowest BCUT2D eigenvalue weighted by atomic mass is 10.2. The van der Waals surface area contributed by atoms with Crippen molar-refractivity contribution in [1.82, 2.24) is 5.43 Å². The minimum Gasteiger partial charge on any atom is -0.493 e. The van der Waals surface area contributed by atoms with Gasteiger partial charge in [-0.1, -0.05) is 12.1 Å². The highest BCUT2D eigenvalue weighted by atomic mass is 16.6. The number of carbonyl (C=O) groups is 2. The van der Waals surface area contributed by atoms with Crippen molar-refractivity contribution in [2.45, 2.75) is 6.92 Å². The molecule has 0 saturated carbocycles. The van der Waals surface area contributed by atoms with Crippen LogP contribution in [0.5, 0.6) is 17.2 Å². The third-order valence-electron chi connectivity index (χ3n) is 3.26. The van der Waals surface area contributed by atoms with E-state index in [1.807, 2.05) is 0 Å². The maximum atomic E-state index is 11.8. The van der Waals surface area contributed by atoms with Crippen LogP contribution in [0.3, 0.4) is 0 Å². The van der Waals surface area contributed by atoms with Crippen molar-refractivity contribution >= 4 is 23.8 Å². The molecule has 1 amide bonds. The number of ether oxygens (including phenoxy) is 3. The first-order valence-electron chi connectivity index (χ1n) is 7.95. The van der Waals surface area contributed by atoms with E-state index in [0.29, 0.717) is 11.3 Å². The van der Waals surface area contributed by atoms with Crippen LogP contribution >= 0.6 is 0 Å². The first-order valence-corrected chi connectivity index (χ1v) is 7.95. The minimum atomic E-state index is -0.599. The number of benzene rings is 2. The van der Waals surface area contributed by atoms with Crippen molar-refractivity contribution in [2.24, 2.45) is 5.10 Å². The van der Waals surface area contributed by atoms with Crippen LogP contribution < -0.4 is 19.6 Å². The minimum absolute atomic E-state index is 0.0163. The highest BCUT2D eigenvalue weighted by molar-refractivity contribution is 5.84. The lowest BCUT2D eigenvalue weighted by Crippen LogP contribution is -2.24. The molecule has 10 nitrogen and oxygen atoms in total. The zero-order chi connectivity index (χ0) is 20.5. The van der Waals surface area contributed by atoms with Gasteiger partial charge in [-0.05, 0) is 29.8 Å². The normalized spacial score (nSPS) is 10.4. The van der Waals surface area contributed by atoms with E-state index in [1.165, 1.54) is 44.5 Å². The molecule has 0 bridgehead atoms. The Bertz CT molecular complexity index is 912. The standard InChI is InChI=1S/C18H17N3O7/c1-12(22)28-16-8-7-13(9-17(16)26-2)10-19-20-18(23)11-27-15-6-4-3-5-14(15)21(24)25/h3-10H,11H2,1-2H3,(H,20,23). The number of hydrazone groups is 1. The van der Waals surface area contributed by atoms with E-state index in [0.717, 1.165) is 0 Å². The molecule has 0 aromatic heterocycles. The average molecular weight is 387 g/mol. The summed E-state index contributed by atoms with van der Waals surface area (Å²) in [7, 11) is 1.42. The number of amides is 1. The first kappa shape index (κ1) is 20.4. The molecule has 2 aromatic rings. The Balaban J connectivity index is 1.93. The molecule has 2 aromatic carbocycles. The molecule has 0 atom stereocenters. The van der Waals surface area contributed by atoms with Crippen molar-refractivity contribution in [3.05, 3.63) is 58.1 Å². The fourth-order valence-corrected chi connectivity index (χ4v) is 2.09. The summed E-state index contributed by atoms with van der Waals surface area (Å²) < 4.78 is 15.3. The molecule has 0 aliphatic heterocycles. The fourth-order valence-electron chi connectivity index (χ4n) is 2.09. The summed E-state index contributed by atoms with van der Waals surface area (Å²) in [6.45, 7) is 0.827. The van der Waals surface area contributed by atoms with Gasteiger partial charge in [-0.25, -0.2) is 5.43 Å². The molecule has 0 heterocycles. The van der Waals surface area contributed by atoms with E-state index in [4.69, 9.17) is 14.2 Å². The molecule has 0 fully saturated rings. The van der Waals surface area contributed by atoms with Gasteiger partial charge >= 0.3 is 11.7 Å². The van der Waals surface area contributed by atoms with Gasteiger partial charge in [-0.2, -0.15) is 5.10 Å². The van der Waals surface area contributed by atoms with Gasteiger partial charge in [0.25, 0.3) is 5.91 Å². The quantitative estimate of drug-likeness (QED) is 0.241. The fraction of sp³-hybridized carbons (Fsp3) is 0.167. The van der Waals surface area contributed by atoms with Crippen molar-refractivity contribution in [3.63, 3.8) is 0 Å². The van der Waals surface area contributed by atoms with Crippen molar-refractivity contribution in [1.29, 1.82) is 0 Å². The zero-order valence-corrected chi connectivity index (χ0v) is 15.1. The van der Waals surface area contributed by atoms with Crippen LogP contribution in [0.15, 0.2) is 47.6 Å². The molecule has 0 aliphatic rings. The van der Waals surface area contributed by atoms with Gasteiger partial charge in [0.15, 0.2) is 23.9 Å². The lowest BCUT2D eigenvalue weighted by molar-refractivity contribution is -0.385. The van der Waals surface area contributed by atoms with Crippen LogP contribution in [0.2, 0.25) is 0 Å². The Morgan fingerprint density at radius 2 is 1.93 bits per heavy atom. The number of carbonyl (C=O) groups excluding carboxylic acids is 2. The maximum Gasteiger partial charge on any atom is 0.310 e. The second-order valence-electron chi connectivity index (χ2n) is 5.31. The van der Waals surface area contributed by atoms with Crippen molar-refractivity contribution < 1.29 is 28.7 Å². The number of hydrogen-bond donors (Lipinski definition) is 1. The smallest absolute Gasteiger partial charge is 0.310 e. The molecule has 0 saturated heterocycles. The number of para-hydroxylation sites is 2. The largest absolute Gasteiger partial charge is 0.493 e. The number of methoxy groups -OCH3 is 1. The van der Waals surface area contributed by atoms with E-state index in [1.54, 1.807) is 18.2 Å². The van der Waals surface area contributed by atoms with E-state index < -0.39 is 23.4 Å². The Hall–Kier alpha value is -3.95. The summed E-state index contributed by atoms with van der Waals surface area (Å²) in [6, 6.07) is 10.4. The number of nitrogens with zero attached hydrogens (tertiary/aromatic N) is 2. The Labute approximate surface area is 159 Å². The molecule has 1 N–H and O–H groups in total. The molecular weight excluding hydrogens is 370 g/mol. The molecule has 146 valence electrons. The van der Waals surface area contributed by atoms with Crippen LogP contribution in [0, 0.1) is 10.1 Å². The molecular formula is C18H17N3O7. The third kappa shape index (κ3) is 5.80. The third-order valence-corrected chi connectivity index (χ3v) is 3.26. The Morgan fingerprint density at radius 1 is 1.18 bits per heavy atom. The Morgan fingerprint density at radius 3 is 2.61 bits per heavy atom. The van der Waals surface area contributed by atoms with Crippen LogP contribution in [0.1, 0.15) is 12.5 Å². The van der Waals surface area contributed by atoms with Gasteiger partial charge < -0.3 is 14.2 Å².